The van der Waals surface area contributed by atoms with Crippen LogP contribution in [0.15, 0.2) is 0 Å². The van der Waals surface area contributed by atoms with Gasteiger partial charge in [-0.2, -0.15) is 0 Å². The van der Waals surface area contributed by atoms with Crippen molar-refractivity contribution in [3.05, 3.63) is 0 Å². The number of hydrogen-bond acceptors (Lipinski definition) is 4. The van der Waals surface area contributed by atoms with Crippen LogP contribution in [0.1, 0.15) is 39.0 Å². The Bertz CT molecular complexity index is 434. The molecule has 4 rings (SSSR count). The number of carbonyl (C=O) groups excluding carboxylic acids is 1. The van der Waals surface area contributed by atoms with Crippen LogP contribution >= 0.6 is 24.8 Å². The van der Waals surface area contributed by atoms with E-state index in [0.717, 1.165) is 51.7 Å². The average molecular weight is 394 g/mol. The topological polar surface area (TPSA) is 44.8 Å². The van der Waals surface area contributed by atoms with Crippen molar-refractivity contribution in [1.82, 2.24) is 15.1 Å². The van der Waals surface area contributed by atoms with Gasteiger partial charge in [-0.3, -0.25) is 9.69 Å². The third kappa shape index (κ3) is 4.44. The maximum Gasteiger partial charge on any atom is 0.239 e. The summed E-state index contributed by atoms with van der Waals surface area (Å²) >= 11 is 0. The number of hydrogen-bond donors (Lipinski definition) is 1. The third-order valence-corrected chi connectivity index (χ3v) is 6.56. The Labute approximate surface area is 164 Å². The molecule has 25 heavy (non-hydrogen) atoms. The van der Waals surface area contributed by atoms with E-state index in [1.807, 2.05) is 0 Å². The standard InChI is InChI=1S/C18H31N3O2.2ClH/c1-13-11-21(12-17(13)20-6-8-23-9-7-20)18(22)16-10-14-4-2-3-5-15(14)19-16;;/h13-17,19H,2-12H2,1H3;2*1H. The second-order valence-electron chi connectivity index (χ2n) is 8.04. The zero-order valence-corrected chi connectivity index (χ0v) is 16.8. The van der Waals surface area contributed by atoms with E-state index >= 15 is 0 Å². The summed E-state index contributed by atoms with van der Waals surface area (Å²) in [6.45, 7) is 7.85. The number of fused-ring (bicyclic) bond motifs is 1. The third-order valence-electron chi connectivity index (χ3n) is 6.56. The number of nitrogens with zero attached hydrogens (tertiary/aromatic N) is 2. The van der Waals surface area contributed by atoms with Crippen molar-refractivity contribution in [2.24, 2.45) is 11.8 Å². The van der Waals surface area contributed by atoms with E-state index in [1.54, 1.807) is 0 Å². The molecule has 7 heteroatoms. The van der Waals surface area contributed by atoms with Gasteiger partial charge in [0.15, 0.2) is 0 Å². The molecule has 0 radical (unpaired) electrons. The number of ether oxygens (including phenoxy) is 1. The van der Waals surface area contributed by atoms with Crippen molar-refractivity contribution < 1.29 is 9.53 Å². The summed E-state index contributed by atoms with van der Waals surface area (Å²) < 4.78 is 5.47. The molecule has 146 valence electrons. The van der Waals surface area contributed by atoms with Crippen molar-refractivity contribution in [1.29, 1.82) is 0 Å². The fourth-order valence-corrected chi connectivity index (χ4v) is 5.24. The monoisotopic (exact) mass is 393 g/mol. The molecule has 3 aliphatic heterocycles. The van der Waals surface area contributed by atoms with Gasteiger partial charge in [-0.1, -0.05) is 19.8 Å². The molecule has 5 atom stereocenters. The van der Waals surface area contributed by atoms with Gasteiger partial charge < -0.3 is 15.0 Å². The predicted molar refractivity (Wildman–Crippen MR) is 104 cm³/mol. The van der Waals surface area contributed by atoms with Gasteiger partial charge in [-0.15, -0.1) is 24.8 Å². The highest BCUT2D eigenvalue weighted by Gasteiger charge is 2.43. The van der Waals surface area contributed by atoms with E-state index < -0.39 is 0 Å². The van der Waals surface area contributed by atoms with Crippen molar-refractivity contribution in [3.8, 4) is 0 Å². The molecule has 1 aliphatic carbocycles. The van der Waals surface area contributed by atoms with Crippen LogP contribution < -0.4 is 5.32 Å². The molecule has 0 aromatic rings. The van der Waals surface area contributed by atoms with Gasteiger partial charge >= 0.3 is 0 Å². The molecule has 0 aromatic carbocycles. The van der Waals surface area contributed by atoms with Gasteiger partial charge in [0.1, 0.15) is 0 Å². The molecule has 0 aromatic heterocycles. The van der Waals surface area contributed by atoms with Gasteiger partial charge in [0.05, 0.1) is 19.3 Å². The number of rotatable bonds is 2. The van der Waals surface area contributed by atoms with Gasteiger partial charge in [0.2, 0.25) is 5.91 Å². The molecule has 1 N–H and O–H groups in total. The van der Waals surface area contributed by atoms with Crippen LogP contribution in [0.5, 0.6) is 0 Å². The number of morpholine rings is 1. The van der Waals surface area contributed by atoms with Crippen LogP contribution in [-0.4, -0.2) is 73.2 Å². The van der Waals surface area contributed by atoms with Crippen LogP contribution in [0.25, 0.3) is 0 Å². The Hall–Kier alpha value is -0.0700. The first kappa shape index (κ1) is 21.2. The first-order valence-corrected chi connectivity index (χ1v) is 9.59. The summed E-state index contributed by atoms with van der Waals surface area (Å²) in [5.74, 6) is 1.68. The Kier molecular flexibility index (Phi) is 7.84. The maximum atomic E-state index is 13.0. The van der Waals surface area contributed by atoms with E-state index in [9.17, 15) is 4.79 Å². The number of likely N-dealkylation sites (tertiary alicyclic amines) is 1. The lowest BCUT2D eigenvalue weighted by atomic mass is 9.85. The average Bonchev–Trinajstić information content (AvgIpc) is 3.18. The number of carbonyl (C=O) groups is 1. The van der Waals surface area contributed by atoms with Crippen LogP contribution in [0.4, 0.5) is 0 Å². The molecule has 3 heterocycles. The number of amides is 1. The minimum Gasteiger partial charge on any atom is -0.379 e. The lowest BCUT2D eigenvalue weighted by Gasteiger charge is -2.34. The molecular weight excluding hydrogens is 361 g/mol. The van der Waals surface area contributed by atoms with Gasteiger partial charge in [-0.25, -0.2) is 0 Å². The molecule has 4 aliphatic rings. The summed E-state index contributed by atoms with van der Waals surface area (Å²) in [4.78, 5) is 17.7. The summed E-state index contributed by atoms with van der Waals surface area (Å²) in [6, 6.07) is 1.21. The second kappa shape index (κ2) is 9.23. The zero-order valence-electron chi connectivity index (χ0n) is 15.2. The van der Waals surface area contributed by atoms with Crippen molar-refractivity contribution >= 4 is 30.7 Å². The number of nitrogens with one attached hydrogen (secondary N) is 1. The minimum absolute atomic E-state index is 0. The molecule has 5 nitrogen and oxygen atoms in total. The molecule has 1 saturated carbocycles. The Morgan fingerprint density at radius 1 is 1.08 bits per heavy atom. The SMILES string of the molecule is CC1CN(C(=O)C2CC3CCCCC3N2)CC1N1CCOCC1.Cl.Cl. The highest BCUT2D eigenvalue weighted by molar-refractivity contribution is 5.85. The molecule has 0 spiro atoms. The van der Waals surface area contributed by atoms with Gasteiger partial charge in [0, 0.05) is 38.3 Å². The predicted octanol–water partition coefficient (Wildman–Crippen LogP) is 1.93. The molecule has 5 unspecified atom stereocenters. The van der Waals surface area contributed by atoms with E-state index in [1.165, 1.54) is 25.7 Å². The zero-order chi connectivity index (χ0) is 15.8. The van der Waals surface area contributed by atoms with Gasteiger partial charge in [0.25, 0.3) is 0 Å². The van der Waals surface area contributed by atoms with Crippen molar-refractivity contribution in [2.45, 2.75) is 57.2 Å². The first-order chi connectivity index (χ1) is 11.2. The van der Waals surface area contributed by atoms with E-state index in [0.29, 0.717) is 23.9 Å². The van der Waals surface area contributed by atoms with Crippen molar-refractivity contribution in [3.63, 3.8) is 0 Å². The van der Waals surface area contributed by atoms with Crippen molar-refractivity contribution in [2.75, 3.05) is 39.4 Å². The molecule has 3 saturated heterocycles. The second-order valence-corrected chi connectivity index (χ2v) is 8.04. The summed E-state index contributed by atoms with van der Waals surface area (Å²) in [7, 11) is 0. The van der Waals surface area contributed by atoms with E-state index in [2.05, 4.69) is 22.0 Å². The van der Waals surface area contributed by atoms with Crippen LogP contribution in [-0.2, 0) is 9.53 Å². The fraction of sp³-hybridized carbons (Fsp3) is 0.944. The molecular formula is C18H33Cl2N3O2. The summed E-state index contributed by atoms with van der Waals surface area (Å²) in [5.41, 5.74) is 0. The largest absolute Gasteiger partial charge is 0.379 e. The minimum atomic E-state index is 0. The normalized spacial score (nSPS) is 38.6. The van der Waals surface area contributed by atoms with Crippen LogP contribution in [0.2, 0.25) is 0 Å². The van der Waals surface area contributed by atoms with Crippen LogP contribution in [0, 0.1) is 11.8 Å². The fourth-order valence-electron chi connectivity index (χ4n) is 5.24. The quantitative estimate of drug-likeness (QED) is 0.778. The molecule has 0 bridgehead atoms. The highest BCUT2D eigenvalue weighted by Crippen LogP contribution is 2.34. The Balaban J connectivity index is 0.00000113. The Morgan fingerprint density at radius 3 is 2.52 bits per heavy atom. The smallest absolute Gasteiger partial charge is 0.239 e. The Morgan fingerprint density at radius 2 is 1.80 bits per heavy atom. The van der Waals surface area contributed by atoms with Crippen LogP contribution in [0.3, 0.4) is 0 Å². The van der Waals surface area contributed by atoms with E-state index in [-0.39, 0.29) is 30.9 Å². The highest BCUT2D eigenvalue weighted by atomic mass is 35.5. The maximum absolute atomic E-state index is 13.0. The lowest BCUT2D eigenvalue weighted by Crippen LogP contribution is -2.48. The molecule has 4 fully saturated rings. The first-order valence-electron chi connectivity index (χ1n) is 9.59. The lowest BCUT2D eigenvalue weighted by molar-refractivity contribution is -0.132. The number of halogens is 2. The molecule has 1 amide bonds. The van der Waals surface area contributed by atoms with Gasteiger partial charge in [-0.05, 0) is 31.1 Å². The summed E-state index contributed by atoms with van der Waals surface area (Å²) in [6.07, 6.45) is 6.32. The summed E-state index contributed by atoms with van der Waals surface area (Å²) in [5, 5.41) is 3.65. The van der Waals surface area contributed by atoms with E-state index in [4.69, 9.17) is 4.74 Å².